The number of carbonyl (C=O) groups excluding carboxylic acids is 1. The van der Waals surface area contributed by atoms with Gasteiger partial charge in [0, 0.05) is 17.0 Å². The van der Waals surface area contributed by atoms with Crippen molar-refractivity contribution in [2.24, 2.45) is 0 Å². The summed E-state index contributed by atoms with van der Waals surface area (Å²) in [5, 5.41) is 0.692. The number of pyridine rings is 1. The van der Waals surface area contributed by atoms with Crippen LogP contribution in [0.5, 0.6) is 0 Å². The van der Waals surface area contributed by atoms with Gasteiger partial charge in [0.2, 0.25) is 5.56 Å². The second-order valence-corrected chi connectivity index (χ2v) is 3.59. The van der Waals surface area contributed by atoms with Crippen molar-refractivity contribution in [1.29, 1.82) is 0 Å². The number of carbonyl (C=O) groups is 1. The van der Waals surface area contributed by atoms with Crippen LogP contribution in [0.15, 0.2) is 29.1 Å². The number of rotatable bonds is 1. The summed E-state index contributed by atoms with van der Waals surface area (Å²) in [6.45, 7) is 1.92. The van der Waals surface area contributed by atoms with Crippen molar-refractivity contribution in [3.63, 3.8) is 0 Å². The Bertz CT molecular complexity index is 613. The van der Waals surface area contributed by atoms with Crippen molar-refractivity contribution < 1.29 is 9.53 Å². The number of aryl methyl sites for hydroxylation is 1. The Morgan fingerprint density at radius 1 is 1.31 bits per heavy atom. The Hall–Kier alpha value is -2.10. The summed E-state index contributed by atoms with van der Waals surface area (Å²) in [6, 6.07) is 6.76. The zero-order chi connectivity index (χ0) is 11.7. The van der Waals surface area contributed by atoms with Gasteiger partial charge in [-0.2, -0.15) is 0 Å². The molecule has 2 rings (SSSR count). The molecule has 1 aromatic heterocycles. The number of benzene rings is 1. The summed E-state index contributed by atoms with van der Waals surface area (Å²) in [6.07, 6.45) is 0. The topological polar surface area (TPSA) is 59.2 Å². The van der Waals surface area contributed by atoms with Crippen molar-refractivity contribution >= 4 is 16.9 Å². The second kappa shape index (κ2) is 3.81. The van der Waals surface area contributed by atoms with E-state index >= 15 is 0 Å². The largest absolute Gasteiger partial charge is 0.465 e. The maximum Gasteiger partial charge on any atom is 0.338 e. The second-order valence-electron chi connectivity index (χ2n) is 3.59. The fourth-order valence-corrected chi connectivity index (χ4v) is 1.65. The van der Waals surface area contributed by atoms with E-state index in [0.29, 0.717) is 16.5 Å². The van der Waals surface area contributed by atoms with Crippen molar-refractivity contribution in [3.05, 3.63) is 45.7 Å². The van der Waals surface area contributed by atoms with Gasteiger partial charge in [0.25, 0.3) is 0 Å². The Balaban J connectivity index is 2.83. The summed E-state index contributed by atoms with van der Waals surface area (Å²) in [4.78, 5) is 25.5. The van der Waals surface area contributed by atoms with Crippen molar-refractivity contribution in [2.75, 3.05) is 7.11 Å². The molecule has 0 saturated heterocycles. The molecular weight excluding hydrogens is 206 g/mol. The van der Waals surface area contributed by atoms with Gasteiger partial charge in [-0.15, -0.1) is 0 Å². The van der Waals surface area contributed by atoms with Crippen LogP contribution in [0.3, 0.4) is 0 Å². The molecule has 0 radical (unpaired) electrons. The van der Waals surface area contributed by atoms with Crippen LogP contribution < -0.4 is 5.56 Å². The van der Waals surface area contributed by atoms with Gasteiger partial charge in [-0.05, 0) is 18.6 Å². The molecule has 0 unspecified atom stereocenters. The van der Waals surface area contributed by atoms with Crippen LogP contribution in [0.2, 0.25) is 0 Å². The number of esters is 1. The van der Waals surface area contributed by atoms with Crippen molar-refractivity contribution in [2.45, 2.75) is 6.92 Å². The molecule has 0 bridgehead atoms. The summed E-state index contributed by atoms with van der Waals surface area (Å²) < 4.78 is 4.64. The Morgan fingerprint density at radius 2 is 2.06 bits per heavy atom. The third-order valence-corrected chi connectivity index (χ3v) is 2.40. The molecule has 1 heterocycles. The van der Waals surface area contributed by atoms with E-state index < -0.39 is 5.97 Å². The predicted molar refractivity (Wildman–Crippen MR) is 60.6 cm³/mol. The van der Waals surface area contributed by atoms with E-state index in [1.807, 2.05) is 19.1 Å². The van der Waals surface area contributed by atoms with E-state index in [1.165, 1.54) is 13.2 Å². The normalized spacial score (nSPS) is 10.4. The number of fused-ring (bicyclic) bond motifs is 1. The highest BCUT2D eigenvalue weighted by Gasteiger charge is 2.11. The standard InChI is InChI=1S/C12H11NO3/c1-7-3-4-8-9(12(15)16-2)6-11(14)13-10(8)5-7/h3-6H,1-2H3,(H,13,14). The number of methoxy groups -OCH3 is 1. The average molecular weight is 217 g/mol. The quantitative estimate of drug-likeness (QED) is 0.738. The van der Waals surface area contributed by atoms with Crippen LogP contribution >= 0.6 is 0 Å². The first-order valence-corrected chi connectivity index (χ1v) is 4.84. The van der Waals surface area contributed by atoms with Crippen LogP contribution in [0.4, 0.5) is 0 Å². The molecule has 0 atom stereocenters. The maximum atomic E-state index is 11.5. The molecule has 1 aromatic carbocycles. The average Bonchev–Trinajstić information content (AvgIpc) is 2.26. The number of hydrogen-bond acceptors (Lipinski definition) is 3. The summed E-state index contributed by atoms with van der Waals surface area (Å²) in [5.41, 5.74) is 1.65. The minimum absolute atomic E-state index is 0.293. The molecule has 0 spiro atoms. The first kappa shape index (κ1) is 10.4. The molecule has 4 heteroatoms. The van der Waals surface area contributed by atoms with Crippen LogP contribution in [0.25, 0.3) is 10.9 Å². The lowest BCUT2D eigenvalue weighted by Crippen LogP contribution is -2.11. The van der Waals surface area contributed by atoms with Gasteiger partial charge in [0.05, 0.1) is 12.7 Å². The molecule has 82 valence electrons. The number of nitrogens with one attached hydrogen (secondary N) is 1. The zero-order valence-corrected chi connectivity index (χ0v) is 9.03. The van der Waals surface area contributed by atoms with Gasteiger partial charge < -0.3 is 9.72 Å². The first-order valence-electron chi connectivity index (χ1n) is 4.84. The van der Waals surface area contributed by atoms with Gasteiger partial charge in [-0.3, -0.25) is 4.79 Å². The SMILES string of the molecule is COC(=O)c1cc(=O)[nH]c2cc(C)ccc12. The number of ether oxygens (including phenoxy) is 1. The summed E-state index contributed by atoms with van der Waals surface area (Å²) in [7, 11) is 1.30. The summed E-state index contributed by atoms with van der Waals surface area (Å²) >= 11 is 0. The van der Waals surface area contributed by atoms with E-state index in [9.17, 15) is 9.59 Å². The van der Waals surface area contributed by atoms with E-state index in [-0.39, 0.29) is 5.56 Å². The molecule has 16 heavy (non-hydrogen) atoms. The van der Waals surface area contributed by atoms with E-state index in [2.05, 4.69) is 9.72 Å². The fourth-order valence-electron chi connectivity index (χ4n) is 1.65. The molecular formula is C12H11NO3. The lowest BCUT2D eigenvalue weighted by molar-refractivity contribution is 0.0603. The molecule has 0 aliphatic heterocycles. The number of H-pyrrole nitrogens is 1. The number of aromatic amines is 1. The monoisotopic (exact) mass is 217 g/mol. The zero-order valence-electron chi connectivity index (χ0n) is 9.03. The fraction of sp³-hybridized carbons (Fsp3) is 0.167. The van der Waals surface area contributed by atoms with Crippen LogP contribution in [-0.2, 0) is 4.74 Å². The van der Waals surface area contributed by atoms with Gasteiger partial charge in [-0.1, -0.05) is 12.1 Å². The Morgan fingerprint density at radius 3 is 2.75 bits per heavy atom. The van der Waals surface area contributed by atoms with E-state index in [1.54, 1.807) is 6.07 Å². The van der Waals surface area contributed by atoms with Crippen molar-refractivity contribution in [3.8, 4) is 0 Å². The Labute approximate surface area is 91.9 Å². The molecule has 0 fully saturated rings. The number of aromatic nitrogens is 1. The van der Waals surface area contributed by atoms with Gasteiger partial charge in [0.1, 0.15) is 0 Å². The Kier molecular flexibility index (Phi) is 2.48. The van der Waals surface area contributed by atoms with E-state index in [4.69, 9.17) is 0 Å². The molecule has 0 aliphatic carbocycles. The first-order chi connectivity index (χ1) is 7.61. The summed E-state index contributed by atoms with van der Waals surface area (Å²) in [5.74, 6) is -0.500. The van der Waals surface area contributed by atoms with Crippen LogP contribution in [-0.4, -0.2) is 18.1 Å². The molecule has 2 aromatic rings. The highest BCUT2D eigenvalue weighted by Crippen LogP contribution is 2.17. The third kappa shape index (κ3) is 1.69. The van der Waals surface area contributed by atoms with Crippen LogP contribution in [0.1, 0.15) is 15.9 Å². The smallest absolute Gasteiger partial charge is 0.338 e. The highest BCUT2D eigenvalue weighted by molar-refractivity contribution is 6.03. The molecule has 0 amide bonds. The van der Waals surface area contributed by atoms with Gasteiger partial charge in [0.15, 0.2) is 0 Å². The lowest BCUT2D eigenvalue weighted by Gasteiger charge is -2.04. The third-order valence-electron chi connectivity index (χ3n) is 2.40. The molecule has 4 nitrogen and oxygen atoms in total. The van der Waals surface area contributed by atoms with Crippen molar-refractivity contribution in [1.82, 2.24) is 4.98 Å². The molecule has 1 N–H and O–H groups in total. The maximum absolute atomic E-state index is 11.5. The van der Waals surface area contributed by atoms with Gasteiger partial charge in [-0.25, -0.2) is 4.79 Å². The van der Waals surface area contributed by atoms with Crippen LogP contribution in [0, 0.1) is 6.92 Å². The van der Waals surface area contributed by atoms with Gasteiger partial charge >= 0.3 is 5.97 Å². The predicted octanol–water partition coefficient (Wildman–Crippen LogP) is 1.62. The minimum Gasteiger partial charge on any atom is -0.465 e. The molecule has 0 saturated carbocycles. The number of hydrogen-bond donors (Lipinski definition) is 1. The van der Waals surface area contributed by atoms with E-state index in [0.717, 1.165) is 5.56 Å². The lowest BCUT2D eigenvalue weighted by atomic mass is 10.1. The minimum atomic E-state index is -0.500. The molecule has 0 aliphatic rings. The highest BCUT2D eigenvalue weighted by atomic mass is 16.5.